The van der Waals surface area contributed by atoms with E-state index in [0.717, 1.165) is 5.56 Å². The van der Waals surface area contributed by atoms with Crippen molar-refractivity contribution in [2.45, 2.75) is 32.7 Å². The number of halogens is 2. The van der Waals surface area contributed by atoms with Crippen molar-refractivity contribution < 1.29 is 18.8 Å². The van der Waals surface area contributed by atoms with Crippen LogP contribution >= 0.6 is 11.6 Å². The van der Waals surface area contributed by atoms with Crippen molar-refractivity contribution in [1.29, 1.82) is 0 Å². The summed E-state index contributed by atoms with van der Waals surface area (Å²) < 4.78 is 20.3. The number of nitrogens with zero attached hydrogens (tertiary/aromatic N) is 4. The Kier molecular flexibility index (Phi) is 8.29. The van der Waals surface area contributed by atoms with E-state index in [2.05, 4.69) is 4.98 Å². The van der Waals surface area contributed by atoms with Crippen molar-refractivity contribution in [2.75, 3.05) is 20.2 Å². The number of allylic oxidation sites excluding steroid dienone is 1. The van der Waals surface area contributed by atoms with Gasteiger partial charge in [0.1, 0.15) is 22.7 Å². The molecule has 11 heteroatoms. The van der Waals surface area contributed by atoms with Crippen LogP contribution in [0.25, 0.3) is 0 Å². The Bertz CT molecular complexity index is 1170. The lowest BCUT2D eigenvalue weighted by molar-refractivity contribution is -0.433. The molecular weight excluding hydrogens is 477 g/mol. The molecule has 0 radical (unpaired) electrons. The normalized spacial score (nSPS) is 15.9. The maximum atomic E-state index is 15.0. The minimum atomic E-state index is -1.38. The molecular formula is C24H27ClFN5O4. The second kappa shape index (κ2) is 11.2. The molecule has 35 heavy (non-hydrogen) atoms. The minimum absolute atomic E-state index is 0.0413. The van der Waals surface area contributed by atoms with Crippen LogP contribution in [-0.4, -0.2) is 45.9 Å². The molecule has 1 aliphatic heterocycles. The van der Waals surface area contributed by atoms with E-state index < -0.39 is 22.6 Å². The van der Waals surface area contributed by atoms with Crippen LogP contribution in [0.3, 0.4) is 0 Å². The molecule has 0 amide bonds. The Hall–Kier alpha value is -3.66. The molecule has 0 fully saturated rings. The fraction of sp³-hybridized carbons (Fsp3) is 0.333. The lowest BCUT2D eigenvalue weighted by Gasteiger charge is -2.38. The summed E-state index contributed by atoms with van der Waals surface area (Å²) in [5.74, 6) is -2.80. The second-order valence-corrected chi connectivity index (χ2v) is 8.30. The van der Waals surface area contributed by atoms with Crippen LogP contribution in [0.5, 0.6) is 0 Å². The Balaban J connectivity index is 2.23. The minimum Gasteiger partial charge on any atom is -0.462 e. The lowest BCUT2D eigenvalue weighted by Crippen LogP contribution is -2.43. The topological polar surface area (TPSA) is 115 Å². The van der Waals surface area contributed by atoms with Crippen LogP contribution in [0.2, 0.25) is 5.15 Å². The van der Waals surface area contributed by atoms with E-state index in [1.807, 2.05) is 13.8 Å². The van der Waals surface area contributed by atoms with Gasteiger partial charge < -0.3 is 20.3 Å². The first kappa shape index (κ1) is 26.0. The quantitative estimate of drug-likeness (QED) is 0.236. The number of pyridine rings is 1. The SMILES string of the molecule is CCCOC(=O)C1=C(N)N(C)C(N(CC)Cc2ccc(Cl)nc2)=C([N+](=O)[O-])C1c1ccccc1F. The van der Waals surface area contributed by atoms with Gasteiger partial charge in [-0.1, -0.05) is 42.8 Å². The predicted octanol–water partition coefficient (Wildman–Crippen LogP) is 3.99. The van der Waals surface area contributed by atoms with E-state index in [9.17, 15) is 14.9 Å². The molecule has 186 valence electrons. The molecule has 9 nitrogen and oxygen atoms in total. The molecule has 1 aliphatic rings. The van der Waals surface area contributed by atoms with Crippen molar-refractivity contribution in [2.24, 2.45) is 5.73 Å². The molecule has 2 aromatic rings. The number of hydrogen-bond acceptors (Lipinski definition) is 8. The average Bonchev–Trinajstić information content (AvgIpc) is 2.84. The van der Waals surface area contributed by atoms with E-state index in [-0.39, 0.29) is 41.6 Å². The van der Waals surface area contributed by atoms with Gasteiger partial charge in [0, 0.05) is 31.9 Å². The molecule has 0 saturated carbocycles. The van der Waals surface area contributed by atoms with Gasteiger partial charge in [0.25, 0.3) is 5.70 Å². The number of carbonyl (C=O) groups is 1. The van der Waals surface area contributed by atoms with Crippen molar-refractivity contribution in [1.82, 2.24) is 14.8 Å². The zero-order chi connectivity index (χ0) is 25.7. The number of ether oxygens (including phenoxy) is 1. The van der Waals surface area contributed by atoms with E-state index in [1.165, 1.54) is 30.1 Å². The predicted molar refractivity (Wildman–Crippen MR) is 129 cm³/mol. The molecule has 0 aliphatic carbocycles. The van der Waals surface area contributed by atoms with Gasteiger partial charge in [-0.15, -0.1) is 0 Å². The van der Waals surface area contributed by atoms with Gasteiger partial charge in [-0.25, -0.2) is 14.2 Å². The van der Waals surface area contributed by atoms with Gasteiger partial charge in [-0.05, 0) is 31.0 Å². The molecule has 0 saturated heterocycles. The zero-order valence-corrected chi connectivity index (χ0v) is 20.5. The monoisotopic (exact) mass is 503 g/mol. The third kappa shape index (κ3) is 5.37. The fourth-order valence-corrected chi connectivity index (χ4v) is 4.12. The molecule has 0 spiro atoms. The number of aromatic nitrogens is 1. The molecule has 3 rings (SSSR count). The number of carbonyl (C=O) groups excluding carboxylic acids is 1. The molecule has 1 aromatic heterocycles. The highest BCUT2D eigenvalue weighted by Gasteiger charge is 2.47. The standard InChI is InChI=1S/C24H27ClFN5O4/c1-4-12-35-24(32)20-19(16-8-6-7-9-17(16)26)21(31(33)34)23(29(3)22(20)27)30(5-2)14-15-10-11-18(25)28-13-15/h6-11,13,19H,4-5,12,14,27H2,1-3H3. The first-order chi connectivity index (χ1) is 16.7. The second-order valence-electron chi connectivity index (χ2n) is 7.92. The Morgan fingerprint density at radius 2 is 2.03 bits per heavy atom. The van der Waals surface area contributed by atoms with Crippen LogP contribution < -0.4 is 5.73 Å². The Morgan fingerprint density at radius 3 is 2.60 bits per heavy atom. The van der Waals surface area contributed by atoms with E-state index >= 15 is 4.39 Å². The highest BCUT2D eigenvalue weighted by Crippen LogP contribution is 2.42. The summed E-state index contributed by atoms with van der Waals surface area (Å²) in [5, 5.41) is 12.9. The van der Waals surface area contributed by atoms with Gasteiger partial charge in [0.2, 0.25) is 0 Å². The third-order valence-electron chi connectivity index (χ3n) is 5.66. The Morgan fingerprint density at radius 1 is 1.31 bits per heavy atom. The van der Waals surface area contributed by atoms with E-state index in [1.54, 1.807) is 29.3 Å². The fourth-order valence-electron chi connectivity index (χ4n) is 4.01. The summed E-state index contributed by atoms with van der Waals surface area (Å²) in [5.41, 5.74) is 6.56. The van der Waals surface area contributed by atoms with Gasteiger partial charge in [-0.2, -0.15) is 0 Å². The van der Waals surface area contributed by atoms with Crippen molar-refractivity contribution >= 4 is 17.6 Å². The maximum absolute atomic E-state index is 15.0. The molecule has 1 unspecified atom stereocenters. The van der Waals surface area contributed by atoms with Crippen LogP contribution in [0.1, 0.15) is 37.3 Å². The first-order valence-electron chi connectivity index (χ1n) is 11.1. The van der Waals surface area contributed by atoms with Crippen molar-refractivity contribution in [3.05, 3.63) is 97.7 Å². The first-order valence-corrected chi connectivity index (χ1v) is 11.5. The number of nitrogens with two attached hydrogens (primary N) is 1. The Labute approximate surface area is 207 Å². The summed E-state index contributed by atoms with van der Waals surface area (Å²) in [6, 6.07) is 9.00. The van der Waals surface area contributed by atoms with E-state index in [0.29, 0.717) is 18.1 Å². The molecule has 1 atom stereocenters. The van der Waals surface area contributed by atoms with Gasteiger partial charge in [0.15, 0.2) is 5.82 Å². The lowest BCUT2D eigenvalue weighted by atomic mass is 9.85. The molecule has 2 heterocycles. The number of rotatable bonds is 9. The smallest absolute Gasteiger partial charge is 0.338 e. The number of benzene rings is 1. The summed E-state index contributed by atoms with van der Waals surface area (Å²) in [6.07, 6.45) is 2.11. The van der Waals surface area contributed by atoms with Crippen LogP contribution in [0, 0.1) is 15.9 Å². The maximum Gasteiger partial charge on any atom is 0.338 e. The van der Waals surface area contributed by atoms with Gasteiger partial charge in [-0.3, -0.25) is 10.1 Å². The number of nitro groups is 1. The average molecular weight is 504 g/mol. The van der Waals surface area contributed by atoms with E-state index in [4.69, 9.17) is 22.1 Å². The number of hydrogen-bond donors (Lipinski definition) is 1. The third-order valence-corrected chi connectivity index (χ3v) is 5.88. The molecule has 1 aromatic carbocycles. The van der Waals surface area contributed by atoms with Crippen LogP contribution in [-0.2, 0) is 16.1 Å². The van der Waals surface area contributed by atoms with Gasteiger partial charge in [0.05, 0.1) is 17.1 Å². The van der Waals surface area contributed by atoms with Gasteiger partial charge >= 0.3 is 5.97 Å². The summed E-state index contributed by atoms with van der Waals surface area (Å²) in [7, 11) is 1.53. The van der Waals surface area contributed by atoms with Crippen LogP contribution in [0.15, 0.2) is 65.5 Å². The van der Waals surface area contributed by atoms with Crippen LogP contribution in [0.4, 0.5) is 4.39 Å². The van der Waals surface area contributed by atoms with Crippen molar-refractivity contribution in [3.63, 3.8) is 0 Å². The summed E-state index contributed by atoms with van der Waals surface area (Å²) in [6.45, 7) is 4.33. The summed E-state index contributed by atoms with van der Waals surface area (Å²) in [4.78, 5) is 32.2. The largest absolute Gasteiger partial charge is 0.462 e. The molecule has 2 N–H and O–H groups in total. The highest BCUT2D eigenvalue weighted by molar-refractivity contribution is 6.29. The molecule has 0 bridgehead atoms. The summed E-state index contributed by atoms with van der Waals surface area (Å²) >= 11 is 5.89. The number of esters is 1. The van der Waals surface area contributed by atoms with Crippen molar-refractivity contribution in [3.8, 4) is 0 Å². The highest BCUT2D eigenvalue weighted by atomic mass is 35.5. The zero-order valence-electron chi connectivity index (χ0n) is 19.7.